The van der Waals surface area contributed by atoms with E-state index in [9.17, 15) is 8.42 Å². The van der Waals surface area contributed by atoms with Crippen molar-refractivity contribution in [2.45, 2.75) is 43.8 Å². The van der Waals surface area contributed by atoms with Crippen LogP contribution in [0.5, 0.6) is 0 Å². The van der Waals surface area contributed by atoms with E-state index in [4.69, 9.17) is 0 Å². The molecule has 0 saturated carbocycles. The molecule has 1 saturated heterocycles. The van der Waals surface area contributed by atoms with Gasteiger partial charge in [0.15, 0.2) is 5.03 Å². The second-order valence-electron chi connectivity index (χ2n) is 5.80. The second-order valence-corrected chi connectivity index (χ2v) is 8.51. The first-order valence-corrected chi connectivity index (χ1v) is 10.2. The summed E-state index contributed by atoms with van der Waals surface area (Å²) in [6.07, 6.45) is 3.75. The predicted octanol–water partition coefficient (Wildman–Crippen LogP) is 1.98. The van der Waals surface area contributed by atoms with Gasteiger partial charge in [-0.15, -0.1) is 11.3 Å². The lowest BCUT2D eigenvalue weighted by Crippen LogP contribution is -2.44. The summed E-state index contributed by atoms with van der Waals surface area (Å²) in [5.74, 6) is 0.691. The topological polar surface area (TPSA) is 78.1 Å². The lowest BCUT2D eigenvalue weighted by atomic mass is 10.1. The van der Waals surface area contributed by atoms with Crippen LogP contribution < -0.4 is 4.72 Å². The Hall–Kier alpha value is -1.22. The Balaban J connectivity index is 1.53. The van der Waals surface area contributed by atoms with Crippen LogP contribution in [0.1, 0.15) is 30.5 Å². The van der Waals surface area contributed by atoms with Crippen LogP contribution >= 0.6 is 11.3 Å². The van der Waals surface area contributed by atoms with Gasteiger partial charge in [0.2, 0.25) is 0 Å². The summed E-state index contributed by atoms with van der Waals surface area (Å²) in [4.78, 5) is 10.7. The van der Waals surface area contributed by atoms with Gasteiger partial charge in [-0.1, -0.05) is 13.0 Å². The number of rotatable bonds is 6. The van der Waals surface area contributed by atoms with Gasteiger partial charge in [0, 0.05) is 37.0 Å². The molecule has 1 aliphatic rings. The maximum absolute atomic E-state index is 12.4. The number of aromatic nitrogens is 2. The first-order valence-electron chi connectivity index (χ1n) is 7.88. The number of sulfonamides is 1. The summed E-state index contributed by atoms with van der Waals surface area (Å²) >= 11 is 1.76. The fourth-order valence-electron chi connectivity index (χ4n) is 2.77. The minimum Gasteiger partial charge on any atom is -0.332 e. The van der Waals surface area contributed by atoms with Crippen molar-refractivity contribution in [2.75, 3.05) is 13.1 Å². The molecule has 126 valence electrons. The van der Waals surface area contributed by atoms with Crippen molar-refractivity contribution in [3.8, 4) is 0 Å². The van der Waals surface area contributed by atoms with Crippen LogP contribution in [-0.2, 0) is 23.0 Å². The fraction of sp³-hybridized carbons (Fsp3) is 0.533. The molecule has 2 aromatic heterocycles. The van der Waals surface area contributed by atoms with Crippen LogP contribution in [0, 0.1) is 0 Å². The highest BCUT2D eigenvalue weighted by atomic mass is 32.2. The molecule has 0 aromatic carbocycles. The Morgan fingerprint density at radius 1 is 1.43 bits per heavy atom. The second kappa shape index (κ2) is 7.12. The monoisotopic (exact) mass is 354 g/mol. The van der Waals surface area contributed by atoms with Crippen molar-refractivity contribution in [2.24, 2.45) is 0 Å². The Labute approximate surface area is 141 Å². The van der Waals surface area contributed by atoms with E-state index in [0.717, 1.165) is 32.5 Å². The maximum atomic E-state index is 12.4. The Morgan fingerprint density at radius 3 is 2.83 bits per heavy atom. The number of nitrogens with one attached hydrogen (secondary N) is 2. The lowest BCUT2D eigenvalue weighted by molar-refractivity contribution is 0.201. The summed E-state index contributed by atoms with van der Waals surface area (Å²) < 4.78 is 27.6. The smallest absolute Gasteiger partial charge is 0.257 e. The third-order valence-corrected chi connectivity index (χ3v) is 6.39. The molecule has 6 nitrogen and oxygen atoms in total. The highest BCUT2D eigenvalue weighted by molar-refractivity contribution is 7.89. The summed E-state index contributed by atoms with van der Waals surface area (Å²) in [5, 5.41) is 2.25. The number of piperidine rings is 1. The van der Waals surface area contributed by atoms with Crippen molar-refractivity contribution in [1.82, 2.24) is 19.6 Å². The molecule has 0 atom stereocenters. The van der Waals surface area contributed by atoms with Crippen LogP contribution in [0.25, 0.3) is 0 Å². The van der Waals surface area contributed by atoms with Crippen LogP contribution in [-0.4, -0.2) is 42.4 Å². The van der Waals surface area contributed by atoms with E-state index in [2.05, 4.69) is 37.1 Å². The average molecular weight is 355 g/mol. The van der Waals surface area contributed by atoms with Crippen molar-refractivity contribution in [1.29, 1.82) is 0 Å². The molecule has 1 aliphatic heterocycles. The number of nitrogens with zero attached hydrogens (tertiary/aromatic N) is 2. The lowest BCUT2D eigenvalue weighted by Gasteiger charge is -2.31. The molecule has 0 amide bonds. The van der Waals surface area contributed by atoms with Crippen molar-refractivity contribution in [3.63, 3.8) is 0 Å². The van der Waals surface area contributed by atoms with Gasteiger partial charge < -0.3 is 4.98 Å². The third-order valence-electron chi connectivity index (χ3n) is 4.10. The molecule has 0 bridgehead atoms. The first kappa shape index (κ1) is 16.6. The van der Waals surface area contributed by atoms with Crippen molar-refractivity contribution >= 4 is 21.4 Å². The molecule has 3 heterocycles. The Bertz CT molecular complexity index is 717. The first-order chi connectivity index (χ1) is 11.1. The molecule has 0 radical (unpaired) electrons. The molecule has 2 aromatic rings. The summed E-state index contributed by atoms with van der Waals surface area (Å²) in [6.45, 7) is 4.71. The quantitative estimate of drug-likeness (QED) is 0.831. The number of thiophene rings is 1. The molecule has 23 heavy (non-hydrogen) atoms. The minimum absolute atomic E-state index is 0.00652. The molecule has 0 aliphatic carbocycles. The van der Waals surface area contributed by atoms with Crippen LogP contribution in [0.4, 0.5) is 0 Å². The zero-order chi connectivity index (χ0) is 16.3. The fourth-order valence-corrected chi connectivity index (χ4v) is 4.77. The average Bonchev–Trinajstić information content (AvgIpc) is 3.20. The number of likely N-dealkylation sites (tertiary alicyclic amines) is 1. The number of hydrogen-bond acceptors (Lipinski definition) is 5. The zero-order valence-corrected chi connectivity index (χ0v) is 14.8. The highest BCUT2D eigenvalue weighted by Gasteiger charge is 2.25. The SMILES string of the molecule is CCc1ncc(S(=O)(=O)NC2CCN(Cc3cccs3)CC2)[nH]1. The van der Waals surface area contributed by atoms with Crippen molar-refractivity contribution in [3.05, 3.63) is 34.4 Å². The van der Waals surface area contributed by atoms with E-state index in [1.807, 2.05) is 6.92 Å². The molecule has 2 N–H and O–H groups in total. The number of imidazole rings is 1. The Morgan fingerprint density at radius 2 is 2.22 bits per heavy atom. The van der Waals surface area contributed by atoms with Gasteiger partial charge in [0.05, 0.1) is 6.20 Å². The molecule has 0 spiro atoms. The van der Waals surface area contributed by atoms with E-state index in [1.165, 1.54) is 11.1 Å². The largest absolute Gasteiger partial charge is 0.332 e. The van der Waals surface area contributed by atoms with Crippen LogP contribution in [0.2, 0.25) is 0 Å². The van der Waals surface area contributed by atoms with Crippen LogP contribution in [0.3, 0.4) is 0 Å². The number of aromatic amines is 1. The molecule has 1 fully saturated rings. The molecule has 3 rings (SSSR count). The van der Waals surface area contributed by atoms with Gasteiger partial charge in [-0.3, -0.25) is 4.90 Å². The summed E-state index contributed by atoms with van der Waals surface area (Å²) in [5.41, 5.74) is 0. The van der Waals surface area contributed by atoms with Gasteiger partial charge >= 0.3 is 0 Å². The summed E-state index contributed by atoms with van der Waals surface area (Å²) in [6, 6.07) is 4.20. The predicted molar refractivity (Wildman–Crippen MR) is 90.9 cm³/mol. The van der Waals surface area contributed by atoms with Crippen LogP contribution in [0.15, 0.2) is 28.7 Å². The van der Waals surface area contributed by atoms with E-state index in [0.29, 0.717) is 12.2 Å². The van der Waals surface area contributed by atoms with E-state index in [-0.39, 0.29) is 11.1 Å². The van der Waals surface area contributed by atoms with E-state index >= 15 is 0 Å². The van der Waals surface area contributed by atoms with Gasteiger partial charge in [-0.25, -0.2) is 18.1 Å². The molecule has 0 unspecified atom stereocenters. The minimum atomic E-state index is -3.50. The third kappa shape index (κ3) is 4.20. The van der Waals surface area contributed by atoms with Gasteiger partial charge in [-0.2, -0.15) is 0 Å². The number of aryl methyl sites for hydroxylation is 1. The van der Waals surface area contributed by atoms with Gasteiger partial charge in [0.1, 0.15) is 5.82 Å². The zero-order valence-electron chi connectivity index (χ0n) is 13.2. The normalized spacial score (nSPS) is 17.6. The maximum Gasteiger partial charge on any atom is 0.257 e. The molecule has 8 heteroatoms. The molecular weight excluding hydrogens is 332 g/mol. The number of H-pyrrole nitrogens is 1. The standard InChI is InChI=1S/C15H22N4O2S2/c1-2-14-16-10-15(17-14)23(20,21)18-12-5-7-19(8-6-12)11-13-4-3-9-22-13/h3-4,9-10,12,18H,2,5-8,11H2,1H3,(H,16,17). The van der Waals surface area contributed by atoms with E-state index < -0.39 is 10.0 Å². The molecular formula is C15H22N4O2S2. The summed E-state index contributed by atoms with van der Waals surface area (Å²) in [7, 11) is -3.50. The van der Waals surface area contributed by atoms with Gasteiger partial charge in [-0.05, 0) is 24.3 Å². The van der Waals surface area contributed by atoms with Crippen molar-refractivity contribution < 1.29 is 8.42 Å². The number of hydrogen-bond donors (Lipinski definition) is 2. The highest BCUT2D eigenvalue weighted by Crippen LogP contribution is 2.18. The van der Waals surface area contributed by atoms with Gasteiger partial charge in [0.25, 0.3) is 10.0 Å². The Kier molecular flexibility index (Phi) is 5.15. The van der Waals surface area contributed by atoms with E-state index in [1.54, 1.807) is 11.3 Å².